The van der Waals surface area contributed by atoms with Gasteiger partial charge in [0.1, 0.15) is 5.75 Å². The molecule has 0 fully saturated rings. The summed E-state index contributed by atoms with van der Waals surface area (Å²) in [6, 6.07) is 6.36. The minimum Gasteiger partial charge on any atom is -0.482 e. The Morgan fingerprint density at radius 3 is 3.00 bits per heavy atom. The van der Waals surface area contributed by atoms with Crippen LogP contribution in [0.5, 0.6) is 5.75 Å². The molecule has 86 valence electrons. The van der Waals surface area contributed by atoms with Gasteiger partial charge in [0.2, 0.25) is 0 Å². The summed E-state index contributed by atoms with van der Waals surface area (Å²) in [5.74, 6) is -1.09. The second-order valence-electron chi connectivity index (χ2n) is 3.44. The molecule has 17 heavy (non-hydrogen) atoms. The van der Waals surface area contributed by atoms with E-state index in [2.05, 4.69) is 0 Å². The van der Waals surface area contributed by atoms with Crippen LogP contribution in [0.4, 0.5) is 5.69 Å². The van der Waals surface area contributed by atoms with Crippen molar-refractivity contribution >= 4 is 17.5 Å². The average molecular weight is 231 g/mol. The normalized spacial score (nSPS) is 13.6. The fourth-order valence-corrected chi connectivity index (χ4v) is 1.60. The number of anilines is 1. The number of nitrogens with two attached hydrogens (primary N) is 1. The zero-order valence-corrected chi connectivity index (χ0v) is 8.84. The average Bonchev–Trinajstić information content (AvgIpc) is 2.37. The first-order valence-electron chi connectivity index (χ1n) is 4.90. The Bertz CT molecular complexity index is 533. The standard InChI is InChI=1S/C11H9N3O3/c12-4-7-1-2-9-8(3-7)14(10(15)5-13)11(16)6-17-9/h1-3H,4,6,12H2. The van der Waals surface area contributed by atoms with E-state index in [0.717, 1.165) is 10.5 Å². The molecule has 0 atom stereocenters. The third-order valence-electron chi connectivity index (χ3n) is 2.40. The van der Waals surface area contributed by atoms with Crippen LogP contribution in [0.3, 0.4) is 0 Å². The molecule has 2 N–H and O–H groups in total. The predicted molar refractivity (Wildman–Crippen MR) is 57.9 cm³/mol. The first-order chi connectivity index (χ1) is 8.17. The zero-order chi connectivity index (χ0) is 12.4. The molecule has 0 unspecified atom stereocenters. The monoisotopic (exact) mass is 231 g/mol. The molecule has 0 saturated heterocycles. The van der Waals surface area contributed by atoms with Gasteiger partial charge < -0.3 is 10.5 Å². The number of hydrogen-bond acceptors (Lipinski definition) is 5. The molecular formula is C11H9N3O3. The van der Waals surface area contributed by atoms with E-state index in [1.165, 1.54) is 6.07 Å². The highest BCUT2D eigenvalue weighted by Gasteiger charge is 2.30. The van der Waals surface area contributed by atoms with Gasteiger partial charge in [0.25, 0.3) is 5.91 Å². The van der Waals surface area contributed by atoms with Crippen molar-refractivity contribution in [2.45, 2.75) is 6.54 Å². The van der Waals surface area contributed by atoms with Crippen LogP contribution in [0.15, 0.2) is 18.2 Å². The number of fused-ring (bicyclic) bond motifs is 1. The smallest absolute Gasteiger partial charge is 0.336 e. The summed E-state index contributed by atoms with van der Waals surface area (Å²) in [6.07, 6.45) is 0. The molecule has 0 aromatic heterocycles. The van der Waals surface area contributed by atoms with Crippen molar-refractivity contribution in [3.05, 3.63) is 23.8 Å². The highest BCUT2D eigenvalue weighted by molar-refractivity contribution is 6.22. The second-order valence-corrected chi connectivity index (χ2v) is 3.44. The van der Waals surface area contributed by atoms with Gasteiger partial charge in [0.15, 0.2) is 12.7 Å². The van der Waals surface area contributed by atoms with Gasteiger partial charge in [0.05, 0.1) is 5.69 Å². The van der Waals surface area contributed by atoms with Crippen molar-refractivity contribution in [1.82, 2.24) is 0 Å². The number of imide groups is 1. The molecule has 0 radical (unpaired) electrons. The van der Waals surface area contributed by atoms with Crippen LogP contribution in [0.25, 0.3) is 0 Å². The minimum absolute atomic E-state index is 0.248. The topological polar surface area (TPSA) is 96.4 Å². The van der Waals surface area contributed by atoms with Gasteiger partial charge in [-0.05, 0) is 17.7 Å². The Morgan fingerprint density at radius 1 is 1.59 bits per heavy atom. The van der Waals surface area contributed by atoms with Crippen molar-refractivity contribution in [3.8, 4) is 11.8 Å². The van der Waals surface area contributed by atoms with Crippen molar-refractivity contribution in [2.75, 3.05) is 11.5 Å². The molecule has 1 aromatic carbocycles. The third kappa shape index (κ3) is 1.84. The lowest BCUT2D eigenvalue weighted by Gasteiger charge is -2.26. The quantitative estimate of drug-likeness (QED) is 0.682. The fourth-order valence-electron chi connectivity index (χ4n) is 1.60. The summed E-state index contributed by atoms with van der Waals surface area (Å²) in [5, 5.41) is 8.60. The number of nitrogens with zero attached hydrogens (tertiary/aromatic N) is 2. The predicted octanol–water partition coefficient (Wildman–Crippen LogP) is -0.0791. The molecule has 0 spiro atoms. The largest absolute Gasteiger partial charge is 0.482 e. The van der Waals surface area contributed by atoms with Gasteiger partial charge in [-0.25, -0.2) is 4.90 Å². The number of carbonyl (C=O) groups is 2. The Morgan fingerprint density at radius 2 is 2.35 bits per heavy atom. The van der Waals surface area contributed by atoms with Crippen LogP contribution in [-0.4, -0.2) is 18.4 Å². The maximum absolute atomic E-state index is 11.6. The van der Waals surface area contributed by atoms with Gasteiger partial charge in [-0.1, -0.05) is 6.07 Å². The molecule has 2 amide bonds. The molecule has 0 aliphatic carbocycles. The van der Waals surface area contributed by atoms with E-state index in [4.69, 9.17) is 15.7 Å². The lowest BCUT2D eigenvalue weighted by Crippen LogP contribution is -2.42. The Kier molecular flexibility index (Phi) is 2.77. The fraction of sp³-hybridized carbons (Fsp3) is 0.182. The maximum Gasteiger partial charge on any atom is 0.336 e. The number of ether oxygens (including phenoxy) is 1. The summed E-state index contributed by atoms with van der Waals surface area (Å²) in [7, 11) is 0. The summed E-state index contributed by atoms with van der Waals surface area (Å²) in [4.78, 5) is 23.8. The number of nitriles is 1. The first kappa shape index (κ1) is 11.1. The molecule has 1 heterocycles. The van der Waals surface area contributed by atoms with Crippen LogP contribution in [0.1, 0.15) is 5.56 Å². The number of benzene rings is 1. The van der Waals surface area contributed by atoms with Crippen molar-refractivity contribution < 1.29 is 14.3 Å². The Hall–Kier alpha value is -2.39. The summed E-state index contributed by atoms with van der Waals surface area (Å²) >= 11 is 0. The SMILES string of the molecule is N#CC(=O)N1C(=O)COc2ccc(CN)cc21. The van der Waals surface area contributed by atoms with Crippen LogP contribution in [0.2, 0.25) is 0 Å². The number of carbonyl (C=O) groups excluding carboxylic acids is 2. The molecule has 1 aliphatic rings. The van der Waals surface area contributed by atoms with E-state index in [1.54, 1.807) is 18.2 Å². The summed E-state index contributed by atoms with van der Waals surface area (Å²) in [5.41, 5.74) is 6.50. The van der Waals surface area contributed by atoms with Gasteiger partial charge in [0, 0.05) is 6.54 Å². The molecule has 0 bridgehead atoms. The number of hydrogen-bond donors (Lipinski definition) is 1. The van der Waals surface area contributed by atoms with E-state index in [-0.39, 0.29) is 18.8 Å². The molecule has 6 nitrogen and oxygen atoms in total. The van der Waals surface area contributed by atoms with Gasteiger partial charge in [-0.2, -0.15) is 5.26 Å². The molecular weight excluding hydrogens is 222 g/mol. The van der Waals surface area contributed by atoms with Crippen molar-refractivity contribution in [1.29, 1.82) is 5.26 Å². The maximum atomic E-state index is 11.6. The number of rotatable bonds is 1. The minimum atomic E-state index is -0.922. The third-order valence-corrected chi connectivity index (χ3v) is 2.40. The highest BCUT2D eigenvalue weighted by Crippen LogP contribution is 2.32. The lowest BCUT2D eigenvalue weighted by molar-refractivity contribution is -0.126. The summed E-state index contributed by atoms with van der Waals surface area (Å²) in [6.45, 7) is 0.0262. The van der Waals surface area contributed by atoms with Crippen LogP contribution >= 0.6 is 0 Å². The van der Waals surface area contributed by atoms with Gasteiger partial charge >= 0.3 is 5.91 Å². The molecule has 6 heteroatoms. The number of amides is 2. The first-order valence-corrected chi connectivity index (χ1v) is 4.90. The van der Waals surface area contributed by atoms with Gasteiger partial charge in [-0.15, -0.1) is 0 Å². The molecule has 2 rings (SSSR count). The van der Waals surface area contributed by atoms with Crippen LogP contribution in [0, 0.1) is 11.3 Å². The zero-order valence-electron chi connectivity index (χ0n) is 8.84. The van der Waals surface area contributed by atoms with E-state index in [1.807, 2.05) is 0 Å². The van der Waals surface area contributed by atoms with E-state index >= 15 is 0 Å². The van der Waals surface area contributed by atoms with Crippen molar-refractivity contribution in [2.24, 2.45) is 5.73 Å². The molecule has 0 saturated carbocycles. The second kappa shape index (κ2) is 4.23. The van der Waals surface area contributed by atoms with Crippen molar-refractivity contribution in [3.63, 3.8) is 0 Å². The van der Waals surface area contributed by atoms with Gasteiger partial charge in [-0.3, -0.25) is 9.59 Å². The Balaban J connectivity index is 2.53. The van der Waals surface area contributed by atoms with E-state index in [0.29, 0.717) is 5.75 Å². The summed E-state index contributed by atoms with van der Waals surface area (Å²) < 4.78 is 5.17. The van der Waals surface area contributed by atoms with Crippen LogP contribution < -0.4 is 15.4 Å². The van der Waals surface area contributed by atoms with E-state index < -0.39 is 11.8 Å². The lowest BCUT2D eigenvalue weighted by atomic mass is 10.1. The highest BCUT2D eigenvalue weighted by atomic mass is 16.5. The van der Waals surface area contributed by atoms with Crippen LogP contribution in [-0.2, 0) is 16.1 Å². The molecule has 1 aliphatic heterocycles. The Labute approximate surface area is 97.2 Å². The molecule has 1 aromatic rings. The van der Waals surface area contributed by atoms with E-state index in [9.17, 15) is 9.59 Å².